The van der Waals surface area contributed by atoms with Crippen molar-refractivity contribution >= 4 is 39.7 Å². The van der Waals surface area contributed by atoms with Crippen LogP contribution in [-0.4, -0.2) is 12.6 Å². The van der Waals surface area contributed by atoms with Gasteiger partial charge in [0.1, 0.15) is 0 Å². The standard InChI is InChI=1S/C36H33NSi/c1-36(2,3)34-27-37(28-16-8-4-9-17-28)35-25-24-32(26-33(34)35)38(29-18-10-5-11-19-29,30-20-12-6-13-21-30)31-22-14-7-15-23-31/h4-27H,1-3H3/i4D,8D,9D,16D,17D,24D,25D,26D,27D. The van der Waals surface area contributed by atoms with Crippen LogP contribution in [0.4, 0.5) is 0 Å². The van der Waals surface area contributed by atoms with Crippen molar-refractivity contribution in [1.82, 2.24) is 4.57 Å². The van der Waals surface area contributed by atoms with E-state index >= 15 is 0 Å². The molecule has 1 aromatic heterocycles. The van der Waals surface area contributed by atoms with Crippen molar-refractivity contribution < 1.29 is 12.3 Å². The zero-order valence-electron chi connectivity index (χ0n) is 30.6. The van der Waals surface area contributed by atoms with Crippen LogP contribution in [0.25, 0.3) is 16.6 Å². The third-order valence-electron chi connectivity index (χ3n) is 6.95. The van der Waals surface area contributed by atoms with E-state index in [1.165, 1.54) is 4.57 Å². The minimum absolute atomic E-state index is 0.00577. The van der Waals surface area contributed by atoms with Crippen molar-refractivity contribution in [3.8, 4) is 5.69 Å². The van der Waals surface area contributed by atoms with Crippen molar-refractivity contribution in [2.45, 2.75) is 26.2 Å². The molecule has 6 rings (SSSR count). The van der Waals surface area contributed by atoms with Crippen molar-refractivity contribution in [2.75, 3.05) is 0 Å². The average molecular weight is 517 g/mol. The lowest BCUT2D eigenvalue weighted by molar-refractivity contribution is 0.594. The fourth-order valence-electron chi connectivity index (χ4n) is 5.22. The molecule has 0 saturated carbocycles. The molecular weight excluding hydrogens is 474 g/mol. The van der Waals surface area contributed by atoms with Gasteiger partial charge < -0.3 is 4.57 Å². The molecule has 186 valence electrons. The van der Waals surface area contributed by atoms with E-state index in [1.807, 2.05) is 112 Å². The average Bonchev–Trinajstić information content (AvgIpc) is 3.38. The van der Waals surface area contributed by atoms with Gasteiger partial charge in [-0.05, 0) is 49.9 Å². The zero-order chi connectivity index (χ0) is 34.0. The van der Waals surface area contributed by atoms with Gasteiger partial charge in [-0.3, -0.25) is 0 Å². The number of hydrogen-bond acceptors (Lipinski definition) is 0. The molecule has 0 spiro atoms. The van der Waals surface area contributed by atoms with Crippen LogP contribution in [-0.2, 0) is 5.41 Å². The van der Waals surface area contributed by atoms with E-state index in [4.69, 9.17) is 6.85 Å². The van der Waals surface area contributed by atoms with Crippen LogP contribution >= 0.6 is 0 Å². The molecule has 0 atom stereocenters. The lowest BCUT2D eigenvalue weighted by atomic mass is 9.87. The molecule has 0 radical (unpaired) electrons. The fraction of sp³-hybridized carbons (Fsp3) is 0.111. The van der Waals surface area contributed by atoms with Crippen LogP contribution in [0.2, 0.25) is 0 Å². The summed E-state index contributed by atoms with van der Waals surface area (Å²) in [5.41, 5.74) is -0.627. The lowest BCUT2D eigenvalue weighted by Crippen LogP contribution is -2.74. The molecule has 0 aliphatic heterocycles. The summed E-state index contributed by atoms with van der Waals surface area (Å²) >= 11 is 0. The second-order valence-electron chi connectivity index (χ2n) is 10.4. The molecule has 0 unspecified atom stereocenters. The number of aromatic nitrogens is 1. The van der Waals surface area contributed by atoms with Crippen LogP contribution in [0.15, 0.2) is 146 Å². The molecule has 0 amide bonds. The Morgan fingerprint density at radius 3 is 1.58 bits per heavy atom. The van der Waals surface area contributed by atoms with E-state index in [2.05, 4.69) is 0 Å². The number of para-hydroxylation sites is 1. The van der Waals surface area contributed by atoms with Gasteiger partial charge in [0.2, 0.25) is 0 Å². The maximum Gasteiger partial charge on any atom is 0.179 e. The first kappa shape index (κ1) is 16.0. The third kappa shape index (κ3) is 4.02. The lowest BCUT2D eigenvalue weighted by Gasteiger charge is -2.34. The first-order valence-electron chi connectivity index (χ1n) is 17.2. The minimum atomic E-state index is -3.48. The predicted octanol–water partition coefficient (Wildman–Crippen LogP) is 6.31. The first-order valence-corrected chi connectivity index (χ1v) is 14.7. The number of benzene rings is 5. The molecule has 0 N–H and O–H groups in total. The number of fused-ring (bicyclic) bond motifs is 1. The molecular formula is C36H33NSi. The Morgan fingerprint density at radius 1 is 0.605 bits per heavy atom. The molecule has 6 aromatic rings. The van der Waals surface area contributed by atoms with E-state index in [0.717, 1.165) is 15.6 Å². The second-order valence-corrected chi connectivity index (χ2v) is 14.1. The van der Waals surface area contributed by atoms with Crippen molar-refractivity contribution in [1.29, 1.82) is 0 Å². The van der Waals surface area contributed by atoms with E-state index < -0.39 is 43.7 Å². The summed E-state index contributed by atoms with van der Waals surface area (Å²) in [4.78, 5) is 0. The Labute approximate surface area is 239 Å². The van der Waals surface area contributed by atoms with Gasteiger partial charge >= 0.3 is 0 Å². The molecule has 1 nitrogen and oxygen atoms in total. The molecule has 0 fully saturated rings. The van der Waals surface area contributed by atoms with Crippen LogP contribution in [0.5, 0.6) is 0 Å². The summed E-state index contributed by atoms with van der Waals surface area (Å²) < 4.78 is 82.2. The zero-order valence-corrected chi connectivity index (χ0v) is 22.6. The molecule has 5 aromatic carbocycles. The van der Waals surface area contributed by atoms with Crippen LogP contribution in [0.3, 0.4) is 0 Å². The SMILES string of the molecule is [2H]c1c([2H])c([2H])c(-n2c([2H])c(C(C)(C)C)c3c([2H])c([Si](c4ccccc4)(c4ccccc4)c4ccccc4)c([2H])c([2H])c32)c([2H])c1[2H]. The van der Waals surface area contributed by atoms with Crippen LogP contribution < -0.4 is 20.7 Å². The highest BCUT2D eigenvalue weighted by Gasteiger charge is 2.41. The van der Waals surface area contributed by atoms with Gasteiger partial charge in [0.05, 0.1) is 17.9 Å². The first-order chi connectivity index (χ1) is 22.3. The smallest absolute Gasteiger partial charge is 0.179 e. The Hall–Kier alpha value is -4.14. The summed E-state index contributed by atoms with van der Waals surface area (Å²) in [6.45, 7) is 5.67. The van der Waals surface area contributed by atoms with E-state index in [-0.39, 0.29) is 40.9 Å². The van der Waals surface area contributed by atoms with Gasteiger partial charge in [0.25, 0.3) is 0 Å². The van der Waals surface area contributed by atoms with Crippen molar-refractivity contribution in [2.24, 2.45) is 0 Å². The Morgan fingerprint density at radius 2 is 1.11 bits per heavy atom. The van der Waals surface area contributed by atoms with E-state index in [0.29, 0.717) is 10.8 Å². The summed E-state index contributed by atoms with van der Waals surface area (Å²) in [5, 5.41) is 3.43. The molecule has 38 heavy (non-hydrogen) atoms. The van der Waals surface area contributed by atoms with Crippen molar-refractivity contribution in [3.05, 3.63) is 151 Å². The summed E-state index contributed by atoms with van der Waals surface area (Å²) in [6.07, 6.45) is -0.184. The maximum atomic E-state index is 10.0. The summed E-state index contributed by atoms with van der Waals surface area (Å²) in [6, 6.07) is 26.2. The number of rotatable bonds is 5. The van der Waals surface area contributed by atoms with E-state index in [1.54, 1.807) is 0 Å². The summed E-state index contributed by atoms with van der Waals surface area (Å²) in [5.74, 6) is 0. The normalized spacial score (nSPS) is 15.4. The Balaban J connectivity index is 1.91. The Bertz CT molecular complexity index is 2030. The highest BCUT2D eigenvalue weighted by atomic mass is 28.3. The highest BCUT2D eigenvalue weighted by molar-refractivity contribution is 7.20. The minimum Gasteiger partial charge on any atom is -0.316 e. The Kier molecular flexibility index (Phi) is 4.04. The van der Waals surface area contributed by atoms with Gasteiger partial charge in [0, 0.05) is 17.2 Å². The summed E-state index contributed by atoms with van der Waals surface area (Å²) in [7, 11) is -3.48. The predicted molar refractivity (Wildman–Crippen MR) is 166 cm³/mol. The van der Waals surface area contributed by atoms with E-state index in [9.17, 15) is 5.48 Å². The maximum absolute atomic E-state index is 10.0. The van der Waals surface area contributed by atoms with Gasteiger partial charge in [-0.2, -0.15) is 0 Å². The third-order valence-corrected chi connectivity index (χ3v) is 11.5. The fourth-order valence-corrected chi connectivity index (χ4v) is 9.73. The van der Waals surface area contributed by atoms with Crippen LogP contribution in [0.1, 0.15) is 38.7 Å². The molecule has 0 aliphatic carbocycles. The second kappa shape index (κ2) is 9.63. The number of nitrogens with zero attached hydrogens (tertiary/aromatic N) is 1. The van der Waals surface area contributed by atoms with Gasteiger partial charge in [0.15, 0.2) is 8.07 Å². The molecule has 0 aliphatic rings. The highest BCUT2D eigenvalue weighted by Crippen LogP contribution is 2.33. The largest absolute Gasteiger partial charge is 0.316 e. The van der Waals surface area contributed by atoms with Gasteiger partial charge in [-0.15, -0.1) is 0 Å². The topological polar surface area (TPSA) is 4.93 Å². The van der Waals surface area contributed by atoms with Gasteiger partial charge in [-0.25, -0.2) is 0 Å². The molecule has 2 heteroatoms. The molecule has 1 heterocycles. The van der Waals surface area contributed by atoms with Crippen molar-refractivity contribution in [3.63, 3.8) is 0 Å². The monoisotopic (exact) mass is 516 g/mol. The molecule has 0 bridgehead atoms. The van der Waals surface area contributed by atoms with Gasteiger partial charge in [-0.1, -0.05) is 142 Å². The molecule has 0 saturated heterocycles. The quantitative estimate of drug-likeness (QED) is 0.187. The number of hydrogen-bond donors (Lipinski definition) is 0. The van der Waals surface area contributed by atoms with Crippen LogP contribution in [0, 0.1) is 0 Å².